The summed E-state index contributed by atoms with van der Waals surface area (Å²) >= 11 is 0. The van der Waals surface area contributed by atoms with Crippen molar-refractivity contribution in [3.63, 3.8) is 0 Å². The van der Waals surface area contributed by atoms with Crippen molar-refractivity contribution in [2.45, 2.75) is 32.7 Å². The third kappa shape index (κ3) is 2.69. The van der Waals surface area contributed by atoms with Crippen LogP contribution in [0.4, 0.5) is 5.69 Å². The predicted molar refractivity (Wildman–Crippen MR) is 85.3 cm³/mol. The van der Waals surface area contributed by atoms with Crippen LogP contribution in [0.5, 0.6) is 0 Å². The summed E-state index contributed by atoms with van der Waals surface area (Å²) in [6.07, 6.45) is 1.34. The molecule has 0 fully saturated rings. The van der Waals surface area contributed by atoms with E-state index in [-0.39, 0.29) is 11.9 Å². The van der Waals surface area contributed by atoms with Gasteiger partial charge in [-0.1, -0.05) is 35.9 Å². The normalized spacial score (nSPS) is 15.3. The third-order valence-corrected chi connectivity index (χ3v) is 4.15. The van der Waals surface area contributed by atoms with Gasteiger partial charge in [0.25, 0.3) is 0 Å². The Morgan fingerprint density at radius 3 is 2.71 bits per heavy atom. The van der Waals surface area contributed by atoms with Crippen molar-refractivity contribution in [2.75, 3.05) is 5.32 Å². The van der Waals surface area contributed by atoms with Crippen LogP contribution in [-0.4, -0.2) is 5.91 Å². The van der Waals surface area contributed by atoms with Crippen molar-refractivity contribution in [2.24, 2.45) is 5.73 Å². The summed E-state index contributed by atoms with van der Waals surface area (Å²) in [4.78, 5) is 11.4. The minimum atomic E-state index is -0.132. The summed E-state index contributed by atoms with van der Waals surface area (Å²) in [5, 5.41) is 2.91. The number of anilines is 1. The standard InChI is InChI=1S/C18H20N2O/c1-11-3-4-12(2)15(9-11)18(19)14-5-7-16-13(10-14)6-8-17(21)20-16/h3-5,7,9-10,18H,6,8,19H2,1-2H3,(H,20,21). The lowest BCUT2D eigenvalue weighted by Gasteiger charge is -2.21. The number of carbonyl (C=O) groups is 1. The molecule has 0 aromatic heterocycles. The summed E-state index contributed by atoms with van der Waals surface area (Å²) in [7, 11) is 0. The average Bonchev–Trinajstić information content (AvgIpc) is 2.48. The van der Waals surface area contributed by atoms with E-state index in [0.717, 1.165) is 23.2 Å². The zero-order valence-corrected chi connectivity index (χ0v) is 12.4. The van der Waals surface area contributed by atoms with Crippen LogP contribution in [0.1, 0.15) is 40.3 Å². The fourth-order valence-corrected chi connectivity index (χ4v) is 2.87. The predicted octanol–water partition coefficient (Wildman–Crippen LogP) is 3.24. The molecular weight excluding hydrogens is 260 g/mol. The molecule has 21 heavy (non-hydrogen) atoms. The van der Waals surface area contributed by atoms with Crippen molar-refractivity contribution < 1.29 is 4.79 Å². The molecule has 1 amide bonds. The van der Waals surface area contributed by atoms with Crippen LogP contribution in [0.3, 0.4) is 0 Å². The SMILES string of the molecule is Cc1ccc(C)c(C(N)c2ccc3c(c2)CCC(=O)N3)c1. The van der Waals surface area contributed by atoms with Gasteiger partial charge in [-0.05, 0) is 48.6 Å². The van der Waals surface area contributed by atoms with Gasteiger partial charge < -0.3 is 11.1 Å². The number of rotatable bonds is 2. The number of amides is 1. The van der Waals surface area contributed by atoms with Crippen LogP contribution in [0.15, 0.2) is 36.4 Å². The van der Waals surface area contributed by atoms with Gasteiger partial charge in [-0.15, -0.1) is 0 Å². The van der Waals surface area contributed by atoms with Gasteiger partial charge in [0, 0.05) is 12.1 Å². The molecular formula is C18H20N2O. The van der Waals surface area contributed by atoms with Gasteiger partial charge in [0.15, 0.2) is 0 Å². The maximum absolute atomic E-state index is 11.4. The molecule has 0 aliphatic carbocycles. The quantitative estimate of drug-likeness (QED) is 0.887. The lowest BCUT2D eigenvalue weighted by atomic mass is 9.91. The smallest absolute Gasteiger partial charge is 0.224 e. The molecule has 0 saturated carbocycles. The van der Waals surface area contributed by atoms with Gasteiger partial charge in [-0.25, -0.2) is 0 Å². The van der Waals surface area contributed by atoms with Crippen LogP contribution in [0, 0.1) is 13.8 Å². The summed E-state index contributed by atoms with van der Waals surface area (Å²) in [6.45, 7) is 4.17. The van der Waals surface area contributed by atoms with E-state index in [1.54, 1.807) is 0 Å². The highest BCUT2D eigenvalue weighted by Crippen LogP contribution is 2.29. The Bertz CT molecular complexity index is 706. The Hall–Kier alpha value is -2.13. The number of benzene rings is 2. The van der Waals surface area contributed by atoms with Gasteiger partial charge in [-0.3, -0.25) is 4.79 Å². The fraction of sp³-hybridized carbons (Fsp3) is 0.278. The Kier molecular flexibility index (Phi) is 3.52. The molecule has 108 valence electrons. The van der Waals surface area contributed by atoms with Crippen molar-refractivity contribution >= 4 is 11.6 Å². The van der Waals surface area contributed by atoms with Gasteiger partial charge >= 0.3 is 0 Å². The number of nitrogens with one attached hydrogen (secondary N) is 1. The fourth-order valence-electron chi connectivity index (χ4n) is 2.87. The van der Waals surface area contributed by atoms with Gasteiger partial charge in [0.1, 0.15) is 0 Å². The molecule has 0 spiro atoms. The van der Waals surface area contributed by atoms with Crippen LogP contribution in [0.2, 0.25) is 0 Å². The van der Waals surface area contributed by atoms with Crippen molar-refractivity contribution in [1.82, 2.24) is 0 Å². The Labute approximate surface area is 125 Å². The third-order valence-electron chi connectivity index (χ3n) is 4.15. The monoisotopic (exact) mass is 280 g/mol. The van der Waals surface area contributed by atoms with E-state index < -0.39 is 0 Å². The lowest BCUT2D eigenvalue weighted by molar-refractivity contribution is -0.116. The van der Waals surface area contributed by atoms with Crippen molar-refractivity contribution in [1.29, 1.82) is 0 Å². The highest BCUT2D eigenvalue weighted by molar-refractivity contribution is 5.93. The van der Waals surface area contributed by atoms with E-state index in [1.165, 1.54) is 16.7 Å². The van der Waals surface area contributed by atoms with Crippen LogP contribution >= 0.6 is 0 Å². The molecule has 3 rings (SSSR count). The number of nitrogens with two attached hydrogens (primary N) is 1. The van der Waals surface area contributed by atoms with E-state index in [4.69, 9.17) is 5.73 Å². The molecule has 0 saturated heterocycles. The Morgan fingerprint density at radius 2 is 1.90 bits per heavy atom. The van der Waals surface area contributed by atoms with Gasteiger partial charge in [-0.2, -0.15) is 0 Å². The largest absolute Gasteiger partial charge is 0.326 e. The molecule has 1 atom stereocenters. The second-order valence-corrected chi connectivity index (χ2v) is 5.80. The first-order valence-corrected chi connectivity index (χ1v) is 7.30. The molecule has 2 aromatic carbocycles. The highest BCUT2D eigenvalue weighted by atomic mass is 16.1. The zero-order valence-electron chi connectivity index (χ0n) is 12.4. The van der Waals surface area contributed by atoms with E-state index in [1.807, 2.05) is 12.1 Å². The first kappa shape index (κ1) is 13.8. The van der Waals surface area contributed by atoms with E-state index in [9.17, 15) is 4.79 Å². The topological polar surface area (TPSA) is 55.1 Å². The lowest BCUT2D eigenvalue weighted by Crippen LogP contribution is -2.20. The van der Waals surface area contributed by atoms with E-state index in [0.29, 0.717) is 6.42 Å². The van der Waals surface area contributed by atoms with E-state index in [2.05, 4.69) is 43.4 Å². The number of carbonyl (C=O) groups excluding carboxylic acids is 1. The summed E-state index contributed by atoms with van der Waals surface area (Å²) < 4.78 is 0. The van der Waals surface area contributed by atoms with Gasteiger partial charge in [0.2, 0.25) is 5.91 Å². The minimum absolute atomic E-state index is 0.0917. The molecule has 0 radical (unpaired) electrons. The van der Waals surface area contributed by atoms with Crippen molar-refractivity contribution in [3.8, 4) is 0 Å². The highest BCUT2D eigenvalue weighted by Gasteiger charge is 2.18. The van der Waals surface area contributed by atoms with Crippen molar-refractivity contribution in [3.05, 3.63) is 64.2 Å². The Morgan fingerprint density at radius 1 is 1.10 bits per heavy atom. The summed E-state index contributed by atoms with van der Waals surface area (Å²) in [5.74, 6) is 0.0917. The second-order valence-electron chi connectivity index (χ2n) is 5.80. The molecule has 3 N–H and O–H groups in total. The summed E-state index contributed by atoms with van der Waals surface area (Å²) in [6, 6.07) is 12.3. The average molecular weight is 280 g/mol. The molecule has 2 aromatic rings. The summed E-state index contributed by atoms with van der Waals surface area (Å²) in [5.41, 5.74) is 13.2. The van der Waals surface area contributed by atoms with Crippen LogP contribution < -0.4 is 11.1 Å². The minimum Gasteiger partial charge on any atom is -0.326 e. The van der Waals surface area contributed by atoms with E-state index >= 15 is 0 Å². The number of aryl methyl sites for hydroxylation is 3. The molecule has 3 heteroatoms. The maximum atomic E-state index is 11.4. The van der Waals surface area contributed by atoms with Crippen LogP contribution in [-0.2, 0) is 11.2 Å². The number of fused-ring (bicyclic) bond motifs is 1. The zero-order chi connectivity index (χ0) is 15.0. The maximum Gasteiger partial charge on any atom is 0.224 e. The van der Waals surface area contributed by atoms with Gasteiger partial charge in [0.05, 0.1) is 6.04 Å². The molecule has 1 aliphatic heterocycles. The number of hydrogen-bond donors (Lipinski definition) is 2. The van der Waals surface area contributed by atoms with Crippen LogP contribution in [0.25, 0.3) is 0 Å². The number of hydrogen-bond acceptors (Lipinski definition) is 2. The molecule has 1 aliphatic rings. The Balaban J connectivity index is 1.97. The first-order chi connectivity index (χ1) is 10.0. The molecule has 3 nitrogen and oxygen atoms in total. The molecule has 0 bridgehead atoms. The molecule has 1 unspecified atom stereocenters. The second kappa shape index (κ2) is 5.34. The molecule has 1 heterocycles. The first-order valence-electron chi connectivity index (χ1n) is 7.30.